The van der Waals surface area contributed by atoms with Crippen molar-refractivity contribution < 1.29 is 33.6 Å². The molecule has 1 N–H and O–H groups in total. The molecule has 0 unspecified atom stereocenters. The normalized spacial score (nSPS) is 15.6. The SMILES string of the molecule is CCOC(=O)C1=C(O)/C(=C\c2cc(OC)c(OC)c(OC)c2)SC1=Nc1ccc(OCC)cc1. The van der Waals surface area contributed by atoms with E-state index >= 15 is 0 Å². The van der Waals surface area contributed by atoms with E-state index in [1.165, 1.54) is 21.3 Å². The summed E-state index contributed by atoms with van der Waals surface area (Å²) in [7, 11) is 4.57. The Bertz CT molecular complexity index is 1110. The third-order valence-electron chi connectivity index (χ3n) is 4.73. The average molecular weight is 486 g/mol. The van der Waals surface area contributed by atoms with Crippen LogP contribution in [0.5, 0.6) is 23.0 Å². The van der Waals surface area contributed by atoms with Crippen LogP contribution in [-0.2, 0) is 9.53 Å². The van der Waals surface area contributed by atoms with Crippen molar-refractivity contribution in [2.24, 2.45) is 4.99 Å². The summed E-state index contributed by atoms with van der Waals surface area (Å²) in [5.41, 5.74) is 1.29. The summed E-state index contributed by atoms with van der Waals surface area (Å²) in [6.45, 7) is 4.34. The van der Waals surface area contributed by atoms with Gasteiger partial charge >= 0.3 is 5.97 Å². The van der Waals surface area contributed by atoms with Crippen molar-refractivity contribution in [3.8, 4) is 23.0 Å². The highest BCUT2D eigenvalue weighted by Gasteiger charge is 2.33. The lowest BCUT2D eigenvalue weighted by Gasteiger charge is -2.13. The number of hydrogen-bond acceptors (Lipinski definition) is 9. The van der Waals surface area contributed by atoms with E-state index in [-0.39, 0.29) is 17.9 Å². The van der Waals surface area contributed by atoms with Crippen molar-refractivity contribution in [2.75, 3.05) is 34.5 Å². The lowest BCUT2D eigenvalue weighted by molar-refractivity contribution is -0.138. The fourth-order valence-corrected chi connectivity index (χ4v) is 4.26. The maximum atomic E-state index is 12.6. The molecule has 8 nitrogen and oxygen atoms in total. The van der Waals surface area contributed by atoms with Crippen molar-refractivity contribution in [1.29, 1.82) is 0 Å². The lowest BCUT2D eigenvalue weighted by Crippen LogP contribution is -2.12. The fraction of sp³-hybridized carbons (Fsp3) is 0.280. The molecule has 34 heavy (non-hydrogen) atoms. The number of aliphatic imine (C=N–C) groups is 1. The van der Waals surface area contributed by atoms with Crippen molar-refractivity contribution in [3.05, 3.63) is 58.2 Å². The predicted molar refractivity (Wildman–Crippen MR) is 133 cm³/mol. The average Bonchev–Trinajstić information content (AvgIpc) is 3.14. The molecule has 0 saturated heterocycles. The molecule has 9 heteroatoms. The van der Waals surface area contributed by atoms with Gasteiger partial charge in [0.2, 0.25) is 5.75 Å². The van der Waals surface area contributed by atoms with Crippen molar-refractivity contribution >= 4 is 34.5 Å². The van der Waals surface area contributed by atoms with Gasteiger partial charge in [0.05, 0.1) is 45.1 Å². The first-order valence-corrected chi connectivity index (χ1v) is 11.4. The summed E-state index contributed by atoms with van der Waals surface area (Å²) in [6.07, 6.45) is 1.71. The van der Waals surface area contributed by atoms with E-state index in [9.17, 15) is 9.90 Å². The Kier molecular flexibility index (Phi) is 8.48. The number of esters is 1. The molecule has 0 atom stereocenters. The summed E-state index contributed by atoms with van der Waals surface area (Å²) in [6, 6.07) is 10.6. The Balaban J connectivity index is 2.04. The van der Waals surface area contributed by atoms with Crippen molar-refractivity contribution in [2.45, 2.75) is 13.8 Å². The van der Waals surface area contributed by atoms with Gasteiger partial charge in [-0.25, -0.2) is 9.79 Å². The number of aliphatic hydroxyl groups is 1. The molecule has 0 aromatic heterocycles. The second-order valence-corrected chi connectivity index (χ2v) is 7.89. The molecule has 1 heterocycles. The van der Waals surface area contributed by atoms with Gasteiger partial charge in [-0.3, -0.25) is 0 Å². The summed E-state index contributed by atoms with van der Waals surface area (Å²) >= 11 is 1.16. The van der Waals surface area contributed by atoms with E-state index in [4.69, 9.17) is 23.7 Å². The van der Waals surface area contributed by atoms with Crippen LogP contribution in [0.15, 0.2) is 57.6 Å². The van der Waals surface area contributed by atoms with Gasteiger partial charge < -0.3 is 28.8 Å². The topological polar surface area (TPSA) is 95.8 Å². The van der Waals surface area contributed by atoms with E-state index in [1.807, 2.05) is 6.92 Å². The largest absolute Gasteiger partial charge is 0.506 e. The zero-order valence-electron chi connectivity index (χ0n) is 19.7. The van der Waals surface area contributed by atoms with Gasteiger partial charge in [-0.1, -0.05) is 11.8 Å². The number of methoxy groups -OCH3 is 3. The molecule has 0 amide bonds. The first kappa shape index (κ1) is 25.0. The number of carbonyl (C=O) groups excluding carboxylic acids is 1. The van der Waals surface area contributed by atoms with Crippen LogP contribution in [0.25, 0.3) is 6.08 Å². The Morgan fingerprint density at radius 3 is 2.18 bits per heavy atom. The number of nitrogens with zero attached hydrogens (tertiary/aromatic N) is 1. The lowest BCUT2D eigenvalue weighted by atomic mass is 10.1. The Morgan fingerprint density at radius 1 is 1.00 bits per heavy atom. The highest BCUT2D eigenvalue weighted by molar-refractivity contribution is 8.18. The first-order valence-electron chi connectivity index (χ1n) is 10.6. The van der Waals surface area contributed by atoms with Crippen LogP contribution in [0.1, 0.15) is 19.4 Å². The zero-order chi connectivity index (χ0) is 24.7. The number of ether oxygens (including phenoxy) is 5. The summed E-state index contributed by atoms with van der Waals surface area (Å²) in [5.74, 6) is 1.25. The summed E-state index contributed by atoms with van der Waals surface area (Å²) in [5, 5.41) is 11.3. The third-order valence-corrected chi connectivity index (χ3v) is 5.75. The Hall–Kier alpha value is -3.59. The summed E-state index contributed by atoms with van der Waals surface area (Å²) < 4.78 is 26.8. The Labute approximate surface area is 202 Å². The molecular weight excluding hydrogens is 458 g/mol. The minimum absolute atomic E-state index is 0.0134. The van der Waals surface area contributed by atoms with Gasteiger partial charge in [-0.2, -0.15) is 0 Å². The molecular formula is C25H27NO7S. The monoisotopic (exact) mass is 485 g/mol. The standard InChI is InChI=1S/C25H27NO7S/c1-6-32-17-10-8-16(9-11-17)26-24-21(25(28)33-7-2)22(27)20(34-24)14-15-12-18(29-3)23(31-5)19(13-15)30-4/h8-14,27H,6-7H2,1-5H3/b20-14+,26-24?. The second kappa shape index (κ2) is 11.5. The van der Waals surface area contributed by atoms with Gasteiger partial charge in [-0.05, 0) is 61.9 Å². The smallest absolute Gasteiger partial charge is 0.344 e. The van der Waals surface area contributed by atoms with Crippen LogP contribution in [0.4, 0.5) is 5.69 Å². The van der Waals surface area contributed by atoms with E-state index in [2.05, 4.69) is 4.99 Å². The van der Waals surface area contributed by atoms with Gasteiger partial charge in [0, 0.05) is 0 Å². The van der Waals surface area contributed by atoms with Gasteiger partial charge in [0.25, 0.3) is 0 Å². The van der Waals surface area contributed by atoms with Crippen LogP contribution < -0.4 is 18.9 Å². The van der Waals surface area contributed by atoms with Gasteiger partial charge in [-0.15, -0.1) is 0 Å². The van der Waals surface area contributed by atoms with Crippen molar-refractivity contribution in [1.82, 2.24) is 0 Å². The van der Waals surface area contributed by atoms with Crippen LogP contribution in [-0.4, -0.2) is 50.7 Å². The molecule has 2 aromatic rings. The van der Waals surface area contributed by atoms with E-state index in [0.717, 1.165) is 17.5 Å². The first-order chi connectivity index (χ1) is 16.4. The highest BCUT2D eigenvalue weighted by atomic mass is 32.2. The molecule has 2 aromatic carbocycles. The molecule has 180 valence electrons. The molecule has 0 aliphatic carbocycles. The maximum Gasteiger partial charge on any atom is 0.344 e. The second-order valence-electron chi connectivity index (χ2n) is 6.86. The maximum absolute atomic E-state index is 12.6. The van der Waals surface area contributed by atoms with Crippen LogP contribution in [0.2, 0.25) is 0 Å². The number of thioether (sulfide) groups is 1. The molecule has 1 aliphatic rings. The molecule has 0 radical (unpaired) electrons. The van der Waals surface area contributed by atoms with E-state index in [1.54, 1.807) is 49.4 Å². The molecule has 1 aliphatic heterocycles. The molecule has 3 rings (SSSR count). The van der Waals surface area contributed by atoms with Gasteiger partial charge in [0.15, 0.2) is 11.5 Å². The molecule has 0 bridgehead atoms. The van der Waals surface area contributed by atoms with Crippen LogP contribution in [0.3, 0.4) is 0 Å². The predicted octanol–water partition coefficient (Wildman–Crippen LogP) is 5.30. The number of aliphatic hydroxyl groups excluding tert-OH is 1. The third kappa shape index (κ3) is 5.48. The number of rotatable bonds is 9. The minimum Gasteiger partial charge on any atom is -0.506 e. The number of benzene rings is 2. The fourth-order valence-electron chi connectivity index (χ4n) is 3.23. The highest BCUT2D eigenvalue weighted by Crippen LogP contribution is 2.43. The number of carbonyl (C=O) groups is 1. The Morgan fingerprint density at radius 2 is 1.65 bits per heavy atom. The minimum atomic E-state index is -0.648. The zero-order valence-corrected chi connectivity index (χ0v) is 20.5. The molecule has 0 spiro atoms. The van der Waals surface area contributed by atoms with Crippen LogP contribution in [0, 0.1) is 0 Å². The van der Waals surface area contributed by atoms with Gasteiger partial charge in [0.1, 0.15) is 22.1 Å². The number of hydrogen-bond donors (Lipinski definition) is 1. The quantitative estimate of drug-likeness (QED) is 0.478. The van der Waals surface area contributed by atoms with E-state index in [0.29, 0.717) is 45.1 Å². The van der Waals surface area contributed by atoms with Crippen molar-refractivity contribution in [3.63, 3.8) is 0 Å². The van der Waals surface area contributed by atoms with E-state index < -0.39 is 5.97 Å². The summed E-state index contributed by atoms with van der Waals surface area (Å²) in [4.78, 5) is 17.6. The molecule has 0 saturated carbocycles. The van der Waals surface area contributed by atoms with Crippen LogP contribution >= 0.6 is 11.8 Å². The molecule has 0 fully saturated rings.